The Hall–Kier alpha value is -2.81. The van der Waals surface area contributed by atoms with Gasteiger partial charge in [-0.15, -0.1) is 0 Å². The van der Waals surface area contributed by atoms with Crippen LogP contribution in [0.25, 0.3) is 0 Å². The number of nitriles is 1. The third kappa shape index (κ3) is 2.62. The summed E-state index contributed by atoms with van der Waals surface area (Å²) in [6, 6.07) is 9.20. The van der Waals surface area contributed by atoms with E-state index in [1.54, 1.807) is 32.2 Å². The Kier molecular flexibility index (Phi) is 3.71. The number of aromatic amines is 1. The van der Waals surface area contributed by atoms with E-state index >= 15 is 0 Å². The van der Waals surface area contributed by atoms with Crippen LogP contribution in [0.5, 0.6) is 0 Å². The first-order valence-corrected chi connectivity index (χ1v) is 6.08. The number of nitrogen functional groups attached to an aromatic ring is 1. The molecule has 0 aliphatic heterocycles. The van der Waals surface area contributed by atoms with E-state index in [1.165, 1.54) is 4.90 Å². The summed E-state index contributed by atoms with van der Waals surface area (Å²) in [6.45, 7) is 2.15. The van der Waals surface area contributed by atoms with E-state index in [2.05, 4.69) is 16.3 Å². The van der Waals surface area contributed by atoms with Crippen LogP contribution >= 0.6 is 0 Å². The SMILES string of the molecule is Cc1[nH]nc(C(=O)N(C)Cc2cccc(C#N)c2)c1N. The highest BCUT2D eigenvalue weighted by Gasteiger charge is 2.19. The lowest BCUT2D eigenvalue weighted by Gasteiger charge is -2.16. The number of hydrogen-bond donors (Lipinski definition) is 2. The maximum Gasteiger partial charge on any atom is 0.276 e. The van der Waals surface area contributed by atoms with Crippen LogP contribution in [0, 0.1) is 18.3 Å². The number of aryl methyl sites for hydroxylation is 1. The molecule has 0 saturated heterocycles. The molecule has 0 aliphatic carbocycles. The summed E-state index contributed by atoms with van der Waals surface area (Å²) in [7, 11) is 1.67. The minimum atomic E-state index is -0.255. The van der Waals surface area contributed by atoms with E-state index in [4.69, 9.17) is 11.0 Å². The molecule has 102 valence electrons. The summed E-state index contributed by atoms with van der Waals surface area (Å²) < 4.78 is 0. The van der Waals surface area contributed by atoms with E-state index < -0.39 is 0 Å². The summed E-state index contributed by atoms with van der Waals surface area (Å²) in [5, 5.41) is 15.5. The van der Waals surface area contributed by atoms with Crippen LogP contribution < -0.4 is 5.73 Å². The summed E-state index contributed by atoms with van der Waals surface area (Å²) >= 11 is 0. The van der Waals surface area contributed by atoms with Gasteiger partial charge in [0.15, 0.2) is 5.69 Å². The molecule has 0 saturated carbocycles. The average Bonchev–Trinajstić information content (AvgIpc) is 2.78. The summed E-state index contributed by atoms with van der Waals surface area (Å²) in [5.74, 6) is -0.255. The maximum atomic E-state index is 12.2. The second-order valence-corrected chi connectivity index (χ2v) is 4.58. The second kappa shape index (κ2) is 5.45. The molecule has 20 heavy (non-hydrogen) atoms. The first kappa shape index (κ1) is 13.6. The summed E-state index contributed by atoms with van der Waals surface area (Å²) in [5.41, 5.74) is 8.51. The fourth-order valence-corrected chi connectivity index (χ4v) is 1.87. The first-order chi connectivity index (χ1) is 9.52. The van der Waals surface area contributed by atoms with Gasteiger partial charge in [-0.25, -0.2) is 0 Å². The second-order valence-electron chi connectivity index (χ2n) is 4.58. The number of nitrogens with zero attached hydrogens (tertiary/aromatic N) is 3. The predicted octanol–water partition coefficient (Wildman–Crippen LogP) is 1.44. The van der Waals surface area contributed by atoms with Crippen LogP contribution in [0.3, 0.4) is 0 Å². The lowest BCUT2D eigenvalue weighted by molar-refractivity contribution is 0.0780. The molecule has 6 nitrogen and oxygen atoms in total. The zero-order valence-corrected chi connectivity index (χ0v) is 11.3. The number of carbonyl (C=O) groups excluding carboxylic acids is 1. The van der Waals surface area contributed by atoms with Crippen molar-refractivity contribution in [3.8, 4) is 6.07 Å². The van der Waals surface area contributed by atoms with Crippen molar-refractivity contribution in [3.05, 3.63) is 46.8 Å². The molecular weight excluding hydrogens is 254 g/mol. The molecular formula is C14H15N5O. The van der Waals surface area contributed by atoms with Gasteiger partial charge in [0, 0.05) is 13.6 Å². The highest BCUT2D eigenvalue weighted by molar-refractivity contribution is 5.97. The molecule has 1 amide bonds. The lowest BCUT2D eigenvalue weighted by atomic mass is 10.1. The molecule has 2 rings (SSSR count). The van der Waals surface area contributed by atoms with Gasteiger partial charge in [-0.3, -0.25) is 9.89 Å². The fraction of sp³-hybridized carbons (Fsp3) is 0.214. The van der Waals surface area contributed by atoms with Crippen molar-refractivity contribution in [1.82, 2.24) is 15.1 Å². The monoisotopic (exact) mass is 269 g/mol. The Morgan fingerprint density at radius 1 is 1.55 bits per heavy atom. The number of carbonyl (C=O) groups is 1. The van der Waals surface area contributed by atoms with Gasteiger partial charge in [-0.1, -0.05) is 12.1 Å². The van der Waals surface area contributed by atoms with E-state index in [0.717, 1.165) is 5.56 Å². The van der Waals surface area contributed by atoms with Crippen LogP contribution in [-0.2, 0) is 6.54 Å². The number of benzene rings is 1. The van der Waals surface area contributed by atoms with Crippen molar-refractivity contribution in [2.24, 2.45) is 0 Å². The zero-order chi connectivity index (χ0) is 14.7. The molecule has 0 spiro atoms. The van der Waals surface area contributed by atoms with Gasteiger partial charge in [0.1, 0.15) is 0 Å². The summed E-state index contributed by atoms with van der Waals surface area (Å²) in [6.07, 6.45) is 0. The van der Waals surface area contributed by atoms with Gasteiger partial charge < -0.3 is 10.6 Å². The highest BCUT2D eigenvalue weighted by atomic mass is 16.2. The Morgan fingerprint density at radius 3 is 2.90 bits per heavy atom. The van der Waals surface area contributed by atoms with Crippen molar-refractivity contribution in [2.75, 3.05) is 12.8 Å². The molecule has 0 atom stereocenters. The molecule has 0 unspecified atom stereocenters. The number of nitrogens with one attached hydrogen (secondary N) is 1. The molecule has 0 aliphatic rings. The number of aromatic nitrogens is 2. The molecule has 1 heterocycles. The van der Waals surface area contributed by atoms with Crippen LogP contribution in [0.4, 0.5) is 5.69 Å². The molecule has 2 aromatic rings. The number of hydrogen-bond acceptors (Lipinski definition) is 4. The van der Waals surface area contributed by atoms with E-state index in [0.29, 0.717) is 23.5 Å². The average molecular weight is 269 g/mol. The van der Waals surface area contributed by atoms with E-state index in [-0.39, 0.29) is 11.6 Å². The topological polar surface area (TPSA) is 98.8 Å². The summed E-state index contributed by atoms with van der Waals surface area (Å²) in [4.78, 5) is 13.8. The molecule has 0 fully saturated rings. The maximum absolute atomic E-state index is 12.2. The minimum absolute atomic E-state index is 0.224. The molecule has 0 radical (unpaired) electrons. The normalized spacial score (nSPS) is 10.1. The van der Waals surface area contributed by atoms with Crippen molar-refractivity contribution in [1.29, 1.82) is 5.26 Å². The fourth-order valence-electron chi connectivity index (χ4n) is 1.87. The van der Waals surface area contributed by atoms with Crippen LogP contribution in [-0.4, -0.2) is 28.1 Å². The molecule has 1 aromatic heterocycles. The lowest BCUT2D eigenvalue weighted by Crippen LogP contribution is -2.27. The van der Waals surface area contributed by atoms with E-state index in [9.17, 15) is 4.79 Å². The zero-order valence-electron chi connectivity index (χ0n) is 11.3. The largest absolute Gasteiger partial charge is 0.395 e. The molecule has 0 bridgehead atoms. The smallest absolute Gasteiger partial charge is 0.276 e. The van der Waals surface area contributed by atoms with Crippen molar-refractivity contribution < 1.29 is 4.79 Å². The number of H-pyrrole nitrogens is 1. The van der Waals surface area contributed by atoms with Crippen molar-refractivity contribution in [2.45, 2.75) is 13.5 Å². The predicted molar refractivity (Wildman–Crippen MR) is 74.7 cm³/mol. The van der Waals surface area contributed by atoms with Gasteiger partial charge >= 0.3 is 0 Å². The standard InChI is InChI=1S/C14H15N5O/c1-9-12(16)13(18-17-9)14(20)19(2)8-11-5-3-4-10(6-11)7-15/h3-6H,8,16H2,1-2H3,(H,17,18). The Balaban J connectivity index is 2.15. The minimum Gasteiger partial charge on any atom is -0.395 e. The third-order valence-electron chi connectivity index (χ3n) is 3.02. The number of amides is 1. The Morgan fingerprint density at radius 2 is 2.30 bits per heavy atom. The van der Waals surface area contributed by atoms with Crippen molar-refractivity contribution in [3.63, 3.8) is 0 Å². The van der Waals surface area contributed by atoms with Gasteiger partial charge in [-0.05, 0) is 24.6 Å². The Bertz CT molecular complexity index is 683. The number of nitrogens with two attached hydrogens (primary N) is 1. The molecule has 6 heteroatoms. The number of rotatable bonds is 3. The quantitative estimate of drug-likeness (QED) is 0.880. The van der Waals surface area contributed by atoms with Gasteiger partial charge in [0.2, 0.25) is 0 Å². The van der Waals surface area contributed by atoms with Gasteiger partial charge in [0.05, 0.1) is 23.0 Å². The van der Waals surface area contributed by atoms with E-state index in [1.807, 2.05) is 6.07 Å². The molecule has 1 aromatic carbocycles. The van der Waals surface area contributed by atoms with Crippen molar-refractivity contribution >= 4 is 11.6 Å². The van der Waals surface area contributed by atoms with Gasteiger partial charge in [0.25, 0.3) is 5.91 Å². The molecule has 3 N–H and O–H groups in total. The Labute approximate surface area is 116 Å². The third-order valence-corrected chi connectivity index (χ3v) is 3.02. The number of anilines is 1. The van der Waals surface area contributed by atoms with Crippen LogP contribution in [0.1, 0.15) is 27.3 Å². The highest BCUT2D eigenvalue weighted by Crippen LogP contribution is 2.15. The van der Waals surface area contributed by atoms with Crippen LogP contribution in [0.15, 0.2) is 24.3 Å². The van der Waals surface area contributed by atoms with Gasteiger partial charge in [-0.2, -0.15) is 10.4 Å². The first-order valence-electron chi connectivity index (χ1n) is 6.08. The van der Waals surface area contributed by atoms with Crippen LogP contribution in [0.2, 0.25) is 0 Å².